The third kappa shape index (κ3) is 3.47. The van der Waals surface area contributed by atoms with Crippen molar-refractivity contribution in [3.63, 3.8) is 0 Å². The second kappa shape index (κ2) is 7.37. The minimum atomic E-state index is -0.122. The number of hydrogen-bond donors (Lipinski definition) is 1. The van der Waals surface area contributed by atoms with Crippen LogP contribution in [-0.4, -0.2) is 18.0 Å². The highest BCUT2D eigenvalue weighted by Gasteiger charge is 2.17. The Bertz CT molecular complexity index is 692. The van der Waals surface area contributed by atoms with Crippen LogP contribution in [0.1, 0.15) is 41.5 Å². The van der Waals surface area contributed by atoms with Gasteiger partial charge in [0.25, 0.3) is 0 Å². The first-order chi connectivity index (χ1) is 11.6. The fraction of sp³-hybridized carbons (Fsp3) is 0.429. The van der Waals surface area contributed by atoms with E-state index in [1.165, 1.54) is 22.3 Å². The van der Waals surface area contributed by atoms with Gasteiger partial charge in [0.2, 0.25) is 0 Å². The molecule has 128 valence electrons. The molecule has 1 saturated heterocycles. The maximum absolute atomic E-state index is 9.52. The third-order valence-corrected chi connectivity index (χ3v) is 4.80. The quantitative estimate of drug-likeness (QED) is 0.887. The molecule has 1 N–H and O–H groups in total. The molecule has 0 saturated carbocycles. The molecule has 1 heterocycles. The van der Waals surface area contributed by atoms with Crippen LogP contribution in [0.5, 0.6) is 5.75 Å². The average molecular weight is 326 g/mol. The van der Waals surface area contributed by atoms with Crippen molar-refractivity contribution < 1.29 is 14.6 Å². The summed E-state index contributed by atoms with van der Waals surface area (Å²) in [5.41, 5.74) is 6.87. The van der Waals surface area contributed by atoms with Crippen LogP contribution in [0.3, 0.4) is 0 Å². The molecular weight excluding hydrogens is 300 g/mol. The lowest BCUT2D eigenvalue weighted by molar-refractivity contribution is -0.105. The van der Waals surface area contributed by atoms with Gasteiger partial charge in [0.1, 0.15) is 5.75 Å². The van der Waals surface area contributed by atoms with Gasteiger partial charge in [0, 0.05) is 6.42 Å². The second-order valence-corrected chi connectivity index (χ2v) is 6.59. The van der Waals surface area contributed by atoms with Crippen LogP contribution in [0, 0.1) is 20.8 Å². The van der Waals surface area contributed by atoms with Gasteiger partial charge in [-0.3, -0.25) is 0 Å². The third-order valence-electron chi connectivity index (χ3n) is 4.80. The van der Waals surface area contributed by atoms with E-state index < -0.39 is 0 Å². The summed E-state index contributed by atoms with van der Waals surface area (Å²) in [4.78, 5) is 0. The van der Waals surface area contributed by atoms with Gasteiger partial charge in [0.05, 0.1) is 13.2 Å². The summed E-state index contributed by atoms with van der Waals surface area (Å²) < 4.78 is 11.7. The Labute approximate surface area is 144 Å². The minimum Gasteiger partial charge on any atom is -0.465 e. The van der Waals surface area contributed by atoms with Crippen molar-refractivity contribution in [1.29, 1.82) is 0 Å². The molecule has 0 amide bonds. The standard InChI is InChI=1S/C21H26O3/c1-14-11-18(24-20-9-4-5-10-23-20)12-15(2)21(14)19-8-6-7-17(13-22)16(19)3/h6-8,11-12,20,22H,4-5,9-10,13H2,1-3H3. The van der Waals surface area contributed by atoms with Crippen molar-refractivity contribution in [3.05, 3.63) is 52.6 Å². The fourth-order valence-corrected chi connectivity index (χ4v) is 3.50. The zero-order valence-corrected chi connectivity index (χ0v) is 14.8. The summed E-state index contributed by atoms with van der Waals surface area (Å²) >= 11 is 0. The van der Waals surface area contributed by atoms with Crippen LogP contribution in [0.4, 0.5) is 0 Å². The van der Waals surface area contributed by atoms with E-state index >= 15 is 0 Å². The summed E-state index contributed by atoms with van der Waals surface area (Å²) in [7, 11) is 0. The van der Waals surface area contributed by atoms with E-state index in [0.717, 1.165) is 42.7 Å². The molecule has 0 spiro atoms. The molecule has 24 heavy (non-hydrogen) atoms. The molecule has 0 aliphatic carbocycles. The number of ether oxygens (including phenoxy) is 2. The molecule has 3 rings (SSSR count). The van der Waals surface area contributed by atoms with Crippen molar-refractivity contribution in [2.24, 2.45) is 0 Å². The number of hydrogen-bond acceptors (Lipinski definition) is 3. The molecule has 0 aromatic heterocycles. The molecule has 1 fully saturated rings. The second-order valence-electron chi connectivity index (χ2n) is 6.59. The van der Waals surface area contributed by atoms with E-state index in [4.69, 9.17) is 9.47 Å². The molecule has 1 atom stereocenters. The Kier molecular flexibility index (Phi) is 5.22. The maximum atomic E-state index is 9.52. The van der Waals surface area contributed by atoms with Crippen LogP contribution in [0.25, 0.3) is 11.1 Å². The first-order valence-corrected chi connectivity index (χ1v) is 8.69. The van der Waals surface area contributed by atoms with Crippen LogP contribution in [0.15, 0.2) is 30.3 Å². The summed E-state index contributed by atoms with van der Waals surface area (Å²) in [6.07, 6.45) is 3.12. The van der Waals surface area contributed by atoms with Crippen molar-refractivity contribution in [2.75, 3.05) is 6.61 Å². The van der Waals surface area contributed by atoms with Crippen molar-refractivity contribution in [3.8, 4) is 16.9 Å². The van der Waals surface area contributed by atoms with Crippen LogP contribution in [-0.2, 0) is 11.3 Å². The summed E-state index contributed by atoms with van der Waals surface area (Å²) in [6, 6.07) is 10.3. The largest absolute Gasteiger partial charge is 0.465 e. The van der Waals surface area contributed by atoms with Crippen LogP contribution in [0.2, 0.25) is 0 Å². The molecule has 0 bridgehead atoms. The average Bonchev–Trinajstić information content (AvgIpc) is 2.57. The van der Waals surface area contributed by atoms with Gasteiger partial charge in [0.15, 0.2) is 6.29 Å². The number of aliphatic hydroxyl groups excluding tert-OH is 1. The molecule has 0 radical (unpaired) electrons. The highest BCUT2D eigenvalue weighted by atomic mass is 16.7. The van der Waals surface area contributed by atoms with E-state index in [2.05, 4.69) is 39.0 Å². The molecule has 1 aliphatic rings. The topological polar surface area (TPSA) is 38.7 Å². The normalized spacial score (nSPS) is 17.8. The number of rotatable bonds is 4. The first-order valence-electron chi connectivity index (χ1n) is 8.69. The van der Waals surface area contributed by atoms with Crippen LogP contribution >= 0.6 is 0 Å². The minimum absolute atomic E-state index is 0.0674. The van der Waals surface area contributed by atoms with Gasteiger partial charge in [-0.05, 0) is 79.1 Å². The Morgan fingerprint density at radius 2 is 1.88 bits per heavy atom. The number of benzene rings is 2. The predicted octanol–water partition coefficient (Wildman–Crippen LogP) is 4.68. The Hall–Kier alpha value is -1.84. The Morgan fingerprint density at radius 3 is 2.50 bits per heavy atom. The maximum Gasteiger partial charge on any atom is 0.199 e. The summed E-state index contributed by atoms with van der Waals surface area (Å²) in [5, 5.41) is 9.52. The van der Waals surface area contributed by atoms with E-state index in [1.807, 2.05) is 12.1 Å². The molecule has 1 unspecified atom stereocenters. The van der Waals surface area contributed by atoms with Gasteiger partial charge in [-0.25, -0.2) is 0 Å². The summed E-state index contributed by atoms with van der Waals surface area (Å²) in [5.74, 6) is 0.872. The SMILES string of the molecule is Cc1cc(OC2CCCCO2)cc(C)c1-c1cccc(CO)c1C. The van der Waals surface area contributed by atoms with Crippen molar-refractivity contribution >= 4 is 0 Å². The predicted molar refractivity (Wildman–Crippen MR) is 96.2 cm³/mol. The van der Waals surface area contributed by atoms with Gasteiger partial charge in [-0.2, -0.15) is 0 Å². The van der Waals surface area contributed by atoms with Crippen molar-refractivity contribution in [1.82, 2.24) is 0 Å². The first kappa shape index (κ1) is 17.0. The molecular formula is C21H26O3. The zero-order chi connectivity index (χ0) is 17.1. The molecule has 2 aromatic rings. The van der Waals surface area contributed by atoms with E-state index in [-0.39, 0.29) is 12.9 Å². The van der Waals surface area contributed by atoms with E-state index in [0.29, 0.717) is 0 Å². The van der Waals surface area contributed by atoms with Gasteiger partial charge in [-0.1, -0.05) is 18.2 Å². The zero-order valence-electron chi connectivity index (χ0n) is 14.8. The highest BCUT2D eigenvalue weighted by Crippen LogP contribution is 2.34. The molecule has 3 heteroatoms. The van der Waals surface area contributed by atoms with Gasteiger partial charge < -0.3 is 14.6 Å². The van der Waals surface area contributed by atoms with Crippen molar-refractivity contribution in [2.45, 2.75) is 52.9 Å². The molecule has 1 aliphatic heterocycles. The lowest BCUT2D eigenvalue weighted by Crippen LogP contribution is -2.25. The van der Waals surface area contributed by atoms with E-state index in [9.17, 15) is 5.11 Å². The molecule has 2 aromatic carbocycles. The fourth-order valence-electron chi connectivity index (χ4n) is 3.50. The molecule has 3 nitrogen and oxygen atoms in total. The lowest BCUT2D eigenvalue weighted by atomic mass is 9.90. The number of aliphatic hydroxyl groups is 1. The van der Waals surface area contributed by atoms with Gasteiger partial charge >= 0.3 is 0 Å². The Balaban J connectivity index is 1.93. The van der Waals surface area contributed by atoms with Gasteiger partial charge in [-0.15, -0.1) is 0 Å². The Morgan fingerprint density at radius 1 is 1.12 bits per heavy atom. The smallest absolute Gasteiger partial charge is 0.199 e. The van der Waals surface area contributed by atoms with E-state index in [1.54, 1.807) is 0 Å². The summed E-state index contributed by atoms with van der Waals surface area (Å²) in [6.45, 7) is 7.15. The number of aryl methyl sites for hydroxylation is 2. The monoisotopic (exact) mass is 326 g/mol. The lowest BCUT2D eigenvalue weighted by Gasteiger charge is -2.24. The highest BCUT2D eigenvalue weighted by molar-refractivity contribution is 5.75. The van der Waals surface area contributed by atoms with Crippen LogP contribution < -0.4 is 4.74 Å².